The molecule has 5 rings (SSSR count). The highest BCUT2D eigenvalue weighted by Crippen LogP contribution is 2.33. The van der Waals surface area contributed by atoms with E-state index >= 15 is 0 Å². The lowest BCUT2D eigenvalue weighted by atomic mass is 10.2. The number of rotatable bonds is 3. The standard InChI is InChI=1S/C18H15N5O2S/c24-18(13-10-15-12(20-13)5-9-26-15)23-8-1-2-14(23)17-21-16(22-25-17)11-3-6-19-7-4-11/h3-7,9-10,14,20H,1-2,8H2. The minimum absolute atomic E-state index is 0.0282. The van der Waals surface area contributed by atoms with Crippen LogP contribution in [-0.2, 0) is 0 Å². The normalized spacial score (nSPS) is 17.2. The minimum atomic E-state index is -0.188. The van der Waals surface area contributed by atoms with Crippen molar-refractivity contribution >= 4 is 27.5 Å². The molecule has 0 aromatic carbocycles. The van der Waals surface area contributed by atoms with E-state index in [-0.39, 0.29) is 11.9 Å². The average molecular weight is 365 g/mol. The molecule has 7 nitrogen and oxygen atoms in total. The predicted molar refractivity (Wildman–Crippen MR) is 96.7 cm³/mol. The number of hydrogen-bond acceptors (Lipinski definition) is 6. The first-order valence-corrected chi connectivity index (χ1v) is 9.29. The quantitative estimate of drug-likeness (QED) is 0.599. The number of amides is 1. The van der Waals surface area contributed by atoms with Gasteiger partial charge in [-0.15, -0.1) is 11.3 Å². The Hall–Kier alpha value is -3.00. The van der Waals surface area contributed by atoms with Crippen LogP contribution in [0, 0.1) is 0 Å². The molecule has 0 radical (unpaired) electrons. The second-order valence-corrected chi connectivity index (χ2v) is 7.18. The third kappa shape index (κ3) is 2.50. The first kappa shape index (κ1) is 15.3. The van der Waals surface area contributed by atoms with Crippen molar-refractivity contribution in [2.75, 3.05) is 6.54 Å². The first-order valence-electron chi connectivity index (χ1n) is 8.41. The molecule has 1 aliphatic heterocycles. The Kier molecular flexibility index (Phi) is 3.56. The van der Waals surface area contributed by atoms with E-state index in [2.05, 4.69) is 20.1 Å². The van der Waals surface area contributed by atoms with Gasteiger partial charge in [-0.3, -0.25) is 9.78 Å². The number of fused-ring (bicyclic) bond motifs is 1. The maximum absolute atomic E-state index is 13.0. The third-order valence-corrected chi connectivity index (χ3v) is 5.51. The van der Waals surface area contributed by atoms with Gasteiger partial charge in [0, 0.05) is 24.5 Å². The van der Waals surface area contributed by atoms with Gasteiger partial charge in [0.15, 0.2) is 0 Å². The van der Waals surface area contributed by atoms with E-state index in [0.717, 1.165) is 28.6 Å². The molecular formula is C18H15N5O2S. The molecule has 1 atom stereocenters. The van der Waals surface area contributed by atoms with Crippen LogP contribution in [0.15, 0.2) is 46.6 Å². The molecular weight excluding hydrogens is 350 g/mol. The van der Waals surface area contributed by atoms with Gasteiger partial charge in [0.25, 0.3) is 5.91 Å². The highest BCUT2D eigenvalue weighted by Gasteiger charge is 2.35. The second-order valence-electron chi connectivity index (χ2n) is 6.23. The SMILES string of the molecule is O=C(c1cc2sccc2[nH]1)N1CCCC1c1nc(-c2ccncc2)no1. The Morgan fingerprint density at radius 1 is 1.31 bits per heavy atom. The summed E-state index contributed by atoms with van der Waals surface area (Å²) in [4.78, 5) is 26.5. The summed E-state index contributed by atoms with van der Waals surface area (Å²) in [6.07, 6.45) is 5.11. The summed E-state index contributed by atoms with van der Waals surface area (Å²) >= 11 is 1.62. The Balaban J connectivity index is 1.43. The van der Waals surface area contributed by atoms with Gasteiger partial charge in [0.1, 0.15) is 11.7 Å². The number of aromatic amines is 1. The average Bonchev–Trinajstić information content (AvgIpc) is 3.44. The van der Waals surface area contributed by atoms with E-state index < -0.39 is 0 Å². The summed E-state index contributed by atoms with van der Waals surface area (Å²) < 4.78 is 6.56. The van der Waals surface area contributed by atoms with Crippen LogP contribution >= 0.6 is 11.3 Å². The minimum Gasteiger partial charge on any atom is -0.350 e. The van der Waals surface area contributed by atoms with E-state index in [1.165, 1.54) is 0 Å². The predicted octanol–water partition coefficient (Wildman–Crippen LogP) is 3.65. The van der Waals surface area contributed by atoms with Gasteiger partial charge < -0.3 is 14.4 Å². The van der Waals surface area contributed by atoms with Gasteiger partial charge in [-0.25, -0.2) is 0 Å². The summed E-state index contributed by atoms with van der Waals surface area (Å²) in [5.41, 5.74) is 2.44. The van der Waals surface area contributed by atoms with Crippen LogP contribution in [0.3, 0.4) is 0 Å². The fourth-order valence-corrected chi connectivity index (χ4v) is 4.16. The van der Waals surface area contributed by atoms with Gasteiger partial charge in [-0.2, -0.15) is 4.98 Å². The van der Waals surface area contributed by atoms with Crippen LogP contribution in [0.25, 0.3) is 21.6 Å². The molecule has 0 spiro atoms. The van der Waals surface area contributed by atoms with Crippen molar-refractivity contribution in [3.63, 3.8) is 0 Å². The molecule has 1 aliphatic rings. The zero-order valence-electron chi connectivity index (χ0n) is 13.8. The Bertz CT molecular complexity index is 1040. The number of carbonyl (C=O) groups excluding carboxylic acids is 1. The van der Waals surface area contributed by atoms with Crippen LogP contribution in [0.1, 0.15) is 35.3 Å². The van der Waals surface area contributed by atoms with Gasteiger partial charge in [0.05, 0.1) is 10.2 Å². The molecule has 0 saturated carbocycles. The number of likely N-dealkylation sites (tertiary alicyclic amines) is 1. The van der Waals surface area contributed by atoms with Crippen LogP contribution in [0.5, 0.6) is 0 Å². The molecule has 1 fully saturated rings. The van der Waals surface area contributed by atoms with E-state index in [4.69, 9.17) is 4.52 Å². The van der Waals surface area contributed by atoms with Gasteiger partial charge in [0.2, 0.25) is 11.7 Å². The lowest BCUT2D eigenvalue weighted by Crippen LogP contribution is -2.31. The van der Waals surface area contributed by atoms with Crippen LogP contribution in [0.4, 0.5) is 0 Å². The van der Waals surface area contributed by atoms with E-state index in [1.54, 1.807) is 23.7 Å². The highest BCUT2D eigenvalue weighted by molar-refractivity contribution is 7.17. The number of thiophene rings is 1. The summed E-state index contributed by atoms with van der Waals surface area (Å²) in [6, 6.07) is 7.37. The molecule has 130 valence electrons. The van der Waals surface area contributed by atoms with Gasteiger partial charge >= 0.3 is 0 Å². The summed E-state index contributed by atoms with van der Waals surface area (Å²) in [7, 11) is 0. The molecule has 8 heteroatoms. The first-order chi connectivity index (χ1) is 12.8. The number of nitrogens with one attached hydrogen (secondary N) is 1. The van der Waals surface area contributed by atoms with Crippen LogP contribution in [0.2, 0.25) is 0 Å². The maximum Gasteiger partial charge on any atom is 0.271 e. The third-order valence-electron chi connectivity index (χ3n) is 4.65. The number of carbonyl (C=O) groups is 1. The molecule has 4 aromatic heterocycles. The van der Waals surface area contributed by atoms with Crippen molar-refractivity contribution in [2.45, 2.75) is 18.9 Å². The molecule has 1 amide bonds. The largest absolute Gasteiger partial charge is 0.350 e. The molecule has 1 unspecified atom stereocenters. The fraction of sp³-hybridized carbons (Fsp3) is 0.222. The van der Waals surface area contributed by atoms with E-state index in [9.17, 15) is 4.79 Å². The maximum atomic E-state index is 13.0. The van der Waals surface area contributed by atoms with Crippen molar-refractivity contribution in [1.82, 2.24) is 25.0 Å². The van der Waals surface area contributed by atoms with Gasteiger partial charge in [-0.05, 0) is 42.5 Å². The molecule has 1 saturated heterocycles. The summed E-state index contributed by atoms with van der Waals surface area (Å²) in [5.74, 6) is 0.970. The number of H-pyrrole nitrogens is 1. The molecule has 26 heavy (non-hydrogen) atoms. The summed E-state index contributed by atoms with van der Waals surface area (Å²) in [6.45, 7) is 0.684. The Morgan fingerprint density at radius 2 is 2.19 bits per heavy atom. The highest BCUT2D eigenvalue weighted by atomic mass is 32.1. The van der Waals surface area contributed by atoms with Crippen LogP contribution < -0.4 is 0 Å². The molecule has 1 N–H and O–H groups in total. The zero-order chi connectivity index (χ0) is 17.5. The topological polar surface area (TPSA) is 87.9 Å². The van der Waals surface area contributed by atoms with Crippen molar-refractivity contribution in [3.8, 4) is 11.4 Å². The van der Waals surface area contributed by atoms with Crippen LogP contribution in [-0.4, -0.2) is 37.5 Å². The van der Waals surface area contributed by atoms with E-state index in [0.29, 0.717) is 24.0 Å². The van der Waals surface area contributed by atoms with Crippen molar-refractivity contribution < 1.29 is 9.32 Å². The fourth-order valence-electron chi connectivity index (χ4n) is 3.37. The van der Waals surface area contributed by atoms with Crippen molar-refractivity contribution in [3.05, 3.63) is 53.6 Å². The summed E-state index contributed by atoms with van der Waals surface area (Å²) in [5, 5.41) is 6.07. The zero-order valence-corrected chi connectivity index (χ0v) is 14.6. The molecule has 4 aromatic rings. The molecule has 0 bridgehead atoms. The Labute approximate surface area is 152 Å². The van der Waals surface area contributed by atoms with Gasteiger partial charge in [-0.1, -0.05) is 5.16 Å². The monoisotopic (exact) mass is 365 g/mol. The Morgan fingerprint density at radius 3 is 3.04 bits per heavy atom. The number of pyridine rings is 1. The lowest BCUT2D eigenvalue weighted by Gasteiger charge is -2.21. The van der Waals surface area contributed by atoms with Crippen molar-refractivity contribution in [1.29, 1.82) is 0 Å². The van der Waals surface area contributed by atoms with Crippen molar-refractivity contribution in [2.24, 2.45) is 0 Å². The number of aromatic nitrogens is 4. The number of hydrogen-bond donors (Lipinski definition) is 1. The smallest absolute Gasteiger partial charge is 0.271 e. The lowest BCUT2D eigenvalue weighted by molar-refractivity contribution is 0.0705. The second kappa shape index (κ2) is 6.06. The molecule has 0 aliphatic carbocycles. The molecule has 5 heterocycles. The van der Waals surface area contributed by atoms with E-state index in [1.807, 2.05) is 34.5 Å². The number of nitrogens with zero attached hydrogens (tertiary/aromatic N) is 4.